The lowest BCUT2D eigenvalue weighted by Crippen LogP contribution is -2.12. The zero-order valence-corrected chi connectivity index (χ0v) is 13.2. The van der Waals surface area contributed by atoms with E-state index in [4.69, 9.17) is 4.74 Å². The fraction of sp³-hybridized carbons (Fsp3) is 0.750. The monoisotopic (exact) mass is 280 g/mol. The first-order valence-corrected chi connectivity index (χ1v) is 7.81. The number of rotatable bonds is 10. The van der Waals surface area contributed by atoms with E-state index in [0.29, 0.717) is 5.69 Å². The second-order valence-corrected chi connectivity index (χ2v) is 5.31. The van der Waals surface area contributed by atoms with Crippen LogP contribution < -0.4 is 0 Å². The standard InChI is InChI=1S/C16H28N2O2/c1-4-5-6-7-8-9-10-11-12-18-14(2)17-13-15(18)16(19)20-3/h13H,4-12H2,1-3H3. The molecule has 0 saturated heterocycles. The molecule has 0 aromatic carbocycles. The van der Waals surface area contributed by atoms with Crippen LogP contribution in [0.5, 0.6) is 0 Å². The fourth-order valence-electron chi connectivity index (χ4n) is 2.42. The van der Waals surface area contributed by atoms with Gasteiger partial charge in [0.2, 0.25) is 0 Å². The third kappa shape index (κ3) is 5.35. The van der Waals surface area contributed by atoms with Gasteiger partial charge in [0, 0.05) is 6.54 Å². The molecule has 114 valence electrons. The number of ether oxygens (including phenoxy) is 1. The van der Waals surface area contributed by atoms with Gasteiger partial charge in [-0.1, -0.05) is 51.9 Å². The highest BCUT2D eigenvalue weighted by Crippen LogP contribution is 2.12. The van der Waals surface area contributed by atoms with Gasteiger partial charge < -0.3 is 9.30 Å². The number of nitrogens with zero attached hydrogens (tertiary/aromatic N) is 2. The summed E-state index contributed by atoms with van der Waals surface area (Å²) >= 11 is 0. The van der Waals surface area contributed by atoms with E-state index in [1.165, 1.54) is 52.1 Å². The third-order valence-corrected chi connectivity index (χ3v) is 3.68. The van der Waals surface area contributed by atoms with E-state index in [9.17, 15) is 4.79 Å². The molecule has 0 aliphatic carbocycles. The van der Waals surface area contributed by atoms with Gasteiger partial charge in [-0.3, -0.25) is 0 Å². The lowest BCUT2D eigenvalue weighted by molar-refractivity contribution is 0.0588. The summed E-state index contributed by atoms with van der Waals surface area (Å²) in [7, 11) is 1.41. The van der Waals surface area contributed by atoms with Gasteiger partial charge >= 0.3 is 5.97 Å². The van der Waals surface area contributed by atoms with Gasteiger partial charge in [0.1, 0.15) is 11.5 Å². The molecule has 0 spiro atoms. The number of aryl methyl sites for hydroxylation is 1. The predicted octanol–water partition coefficient (Wildman–Crippen LogP) is 4.12. The highest BCUT2D eigenvalue weighted by atomic mass is 16.5. The number of unbranched alkanes of at least 4 members (excludes halogenated alkanes) is 7. The first kappa shape index (κ1) is 16.7. The first-order valence-electron chi connectivity index (χ1n) is 7.81. The number of carbonyl (C=O) groups is 1. The van der Waals surface area contributed by atoms with Crippen molar-refractivity contribution >= 4 is 5.97 Å². The molecule has 0 atom stereocenters. The average Bonchev–Trinajstić information content (AvgIpc) is 2.82. The van der Waals surface area contributed by atoms with Crippen molar-refractivity contribution in [1.29, 1.82) is 0 Å². The van der Waals surface area contributed by atoms with Gasteiger partial charge in [0.15, 0.2) is 0 Å². The fourth-order valence-corrected chi connectivity index (χ4v) is 2.42. The van der Waals surface area contributed by atoms with E-state index in [2.05, 4.69) is 11.9 Å². The highest BCUT2D eigenvalue weighted by molar-refractivity contribution is 5.87. The number of hydrogen-bond acceptors (Lipinski definition) is 3. The largest absolute Gasteiger partial charge is 0.464 e. The molecule has 0 N–H and O–H groups in total. The number of carbonyl (C=O) groups excluding carboxylic acids is 1. The molecule has 0 fully saturated rings. The maximum absolute atomic E-state index is 11.6. The molecule has 0 amide bonds. The third-order valence-electron chi connectivity index (χ3n) is 3.68. The van der Waals surface area contributed by atoms with Crippen molar-refractivity contribution in [3.05, 3.63) is 17.7 Å². The van der Waals surface area contributed by atoms with Gasteiger partial charge in [-0.05, 0) is 13.3 Å². The molecule has 0 bridgehead atoms. The molecule has 1 aromatic rings. The Labute approximate surface area is 122 Å². The lowest BCUT2D eigenvalue weighted by Gasteiger charge is -2.08. The summed E-state index contributed by atoms with van der Waals surface area (Å²) in [5, 5.41) is 0. The lowest BCUT2D eigenvalue weighted by atomic mass is 10.1. The van der Waals surface area contributed by atoms with E-state index in [1.807, 2.05) is 11.5 Å². The normalized spacial score (nSPS) is 10.8. The Hall–Kier alpha value is -1.32. The van der Waals surface area contributed by atoms with Crippen molar-refractivity contribution in [2.75, 3.05) is 7.11 Å². The molecule has 0 aliphatic rings. The van der Waals surface area contributed by atoms with E-state index in [0.717, 1.165) is 18.8 Å². The molecule has 1 heterocycles. The van der Waals surface area contributed by atoms with Gasteiger partial charge in [0.25, 0.3) is 0 Å². The maximum Gasteiger partial charge on any atom is 0.356 e. The van der Waals surface area contributed by atoms with Crippen molar-refractivity contribution in [3.8, 4) is 0 Å². The molecule has 20 heavy (non-hydrogen) atoms. The molecule has 0 saturated carbocycles. The summed E-state index contributed by atoms with van der Waals surface area (Å²) in [4.78, 5) is 15.8. The number of imidazole rings is 1. The topological polar surface area (TPSA) is 44.1 Å². The summed E-state index contributed by atoms with van der Waals surface area (Å²) < 4.78 is 6.73. The van der Waals surface area contributed by atoms with Crippen LogP contribution in [0.4, 0.5) is 0 Å². The van der Waals surface area contributed by atoms with Crippen LogP contribution in [-0.4, -0.2) is 22.6 Å². The summed E-state index contributed by atoms with van der Waals surface area (Å²) in [6.45, 7) is 5.02. The summed E-state index contributed by atoms with van der Waals surface area (Å²) in [6, 6.07) is 0. The van der Waals surface area contributed by atoms with E-state index in [1.54, 1.807) is 6.20 Å². The van der Waals surface area contributed by atoms with E-state index in [-0.39, 0.29) is 5.97 Å². The minimum atomic E-state index is -0.301. The summed E-state index contributed by atoms with van der Waals surface area (Å²) in [5.74, 6) is 0.582. The van der Waals surface area contributed by atoms with Gasteiger partial charge in [-0.25, -0.2) is 9.78 Å². The van der Waals surface area contributed by atoms with Crippen molar-refractivity contribution < 1.29 is 9.53 Å². The highest BCUT2D eigenvalue weighted by Gasteiger charge is 2.14. The van der Waals surface area contributed by atoms with Crippen LogP contribution >= 0.6 is 0 Å². The first-order chi connectivity index (χ1) is 9.70. The van der Waals surface area contributed by atoms with E-state index >= 15 is 0 Å². The Kier molecular flexibility index (Phi) is 8.00. The molecule has 1 rings (SSSR count). The van der Waals surface area contributed by atoms with Crippen LogP contribution in [0, 0.1) is 6.92 Å². The second kappa shape index (κ2) is 9.56. The zero-order valence-electron chi connectivity index (χ0n) is 13.2. The van der Waals surface area contributed by atoms with Crippen LogP contribution in [0.25, 0.3) is 0 Å². The Morgan fingerprint density at radius 1 is 1.15 bits per heavy atom. The van der Waals surface area contributed by atoms with Crippen molar-refractivity contribution in [3.63, 3.8) is 0 Å². The van der Waals surface area contributed by atoms with Crippen LogP contribution in [0.3, 0.4) is 0 Å². The molecule has 0 aliphatic heterocycles. The van der Waals surface area contributed by atoms with Gasteiger partial charge in [-0.15, -0.1) is 0 Å². The summed E-state index contributed by atoms with van der Waals surface area (Å²) in [5.41, 5.74) is 0.563. The van der Waals surface area contributed by atoms with Crippen LogP contribution in [0.2, 0.25) is 0 Å². The Morgan fingerprint density at radius 3 is 2.35 bits per heavy atom. The zero-order chi connectivity index (χ0) is 14.8. The minimum absolute atomic E-state index is 0.301. The van der Waals surface area contributed by atoms with Crippen LogP contribution in [-0.2, 0) is 11.3 Å². The van der Waals surface area contributed by atoms with E-state index < -0.39 is 0 Å². The molecule has 0 radical (unpaired) electrons. The molecule has 4 nitrogen and oxygen atoms in total. The molecular weight excluding hydrogens is 252 g/mol. The van der Waals surface area contributed by atoms with Gasteiger partial charge in [-0.2, -0.15) is 0 Å². The smallest absolute Gasteiger partial charge is 0.356 e. The molecule has 4 heteroatoms. The van der Waals surface area contributed by atoms with Crippen LogP contribution in [0.15, 0.2) is 6.20 Å². The van der Waals surface area contributed by atoms with Crippen LogP contribution in [0.1, 0.15) is 74.6 Å². The second-order valence-electron chi connectivity index (χ2n) is 5.31. The minimum Gasteiger partial charge on any atom is -0.464 e. The van der Waals surface area contributed by atoms with Crippen molar-refractivity contribution in [2.45, 2.75) is 71.8 Å². The van der Waals surface area contributed by atoms with Gasteiger partial charge in [0.05, 0.1) is 13.3 Å². The quantitative estimate of drug-likeness (QED) is 0.478. The average molecular weight is 280 g/mol. The van der Waals surface area contributed by atoms with Crippen molar-refractivity contribution in [1.82, 2.24) is 9.55 Å². The molecule has 0 unspecified atom stereocenters. The number of methoxy groups -OCH3 is 1. The van der Waals surface area contributed by atoms with Crippen molar-refractivity contribution in [2.24, 2.45) is 0 Å². The number of esters is 1. The molecular formula is C16H28N2O2. The Balaban J connectivity index is 2.25. The Bertz CT molecular complexity index is 399. The number of hydrogen-bond donors (Lipinski definition) is 0. The predicted molar refractivity (Wildman–Crippen MR) is 80.9 cm³/mol. The Morgan fingerprint density at radius 2 is 1.75 bits per heavy atom. The number of aromatic nitrogens is 2. The summed E-state index contributed by atoms with van der Waals surface area (Å²) in [6.07, 6.45) is 11.9. The maximum atomic E-state index is 11.6. The SMILES string of the molecule is CCCCCCCCCCn1c(C(=O)OC)cnc1C. The molecule has 1 aromatic heterocycles.